The first-order valence-corrected chi connectivity index (χ1v) is 13.1. The normalized spacial score (nSPS) is 13.8. The molecule has 1 atom stereocenters. The smallest absolute Gasteiger partial charge is 0.254 e. The number of carbonyl (C=O) groups is 1. The van der Waals surface area contributed by atoms with Crippen LogP contribution >= 0.6 is 0 Å². The van der Waals surface area contributed by atoms with Crippen molar-refractivity contribution in [3.63, 3.8) is 0 Å². The van der Waals surface area contributed by atoms with Gasteiger partial charge < -0.3 is 14.5 Å². The molecule has 7 nitrogen and oxygen atoms in total. The van der Waals surface area contributed by atoms with Gasteiger partial charge in [-0.3, -0.25) is 9.78 Å². The van der Waals surface area contributed by atoms with E-state index < -0.39 is 5.95 Å². The third-order valence-electron chi connectivity index (χ3n) is 7.36. The zero-order valence-corrected chi connectivity index (χ0v) is 22.7. The summed E-state index contributed by atoms with van der Waals surface area (Å²) in [4.78, 5) is 26.3. The second-order valence-electron chi connectivity index (χ2n) is 9.66. The van der Waals surface area contributed by atoms with Gasteiger partial charge in [0.2, 0.25) is 5.95 Å². The number of halogens is 1. The molecule has 1 amide bonds. The number of hydrogen-bond acceptors (Lipinski definition) is 6. The number of nitrogens with zero attached hydrogens (tertiary/aromatic N) is 5. The zero-order valence-electron chi connectivity index (χ0n) is 22.7. The number of likely N-dealkylation sites (N-methyl/N-ethyl adjacent to an activating group) is 1. The van der Waals surface area contributed by atoms with E-state index in [1.807, 2.05) is 30.9 Å². The Morgan fingerprint density at radius 2 is 1.97 bits per heavy atom. The van der Waals surface area contributed by atoms with E-state index in [4.69, 9.17) is 4.74 Å². The molecule has 1 aliphatic rings. The predicted molar refractivity (Wildman–Crippen MR) is 145 cm³/mol. The second-order valence-corrected chi connectivity index (χ2v) is 9.66. The highest BCUT2D eigenvalue weighted by Crippen LogP contribution is 2.36. The summed E-state index contributed by atoms with van der Waals surface area (Å²) in [6.45, 7) is 10.3. The number of hydrogen-bond donors (Lipinski definition) is 0. The fourth-order valence-corrected chi connectivity index (χ4v) is 4.91. The van der Waals surface area contributed by atoms with Gasteiger partial charge in [-0.1, -0.05) is 13.0 Å². The molecule has 0 N–H and O–H groups in total. The number of ether oxygens (including phenoxy) is 1. The lowest BCUT2D eigenvalue weighted by Crippen LogP contribution is -2.40. The third kappa shape index (κ3) is 5.39. The molecule has 0 unspecified atom stereocenters. The lowest BCUT2D eigenvalue weighted by Gasteiger charge is -2.35. The maximum atomic E-state index is 14.4. The summed E-state index contributed by atoms with van der Waals surface area (Å²) < 4.78 is 20.1. The van der Waals surface area contributed by atoms with Gasteiger partial charge >= 0.3 is 0 Å². The van der Waals surface area contributed by atoms with E-state index in [0.29, 0.717) is 47.7 Å². The molecule has 0 radical (unpaired) electrons. The van der Waals surface area contributed by atoms with E-state index in [0.717, 1.165) is 41.8 Å². The van der Waals surface area contributed by atoms with Crippen molar-refractivity contribution in [1.82, 2.24) is 19.8 Å². The van der Waals surface area contributed by atoms with Gasteiger partial charge in [0.15, 0.2) is 0 Å². The summed E-state index contributed by atoms with van der Waals surface area (Å²) in [5, 5.41) is 9.39. The minimum atomic E-state index is -0.498. The Bertz CT molecular complexity index is 1380. The van der Waals surface area contributed by atoms with Gasteiger partial charge in [-0.2, -0.15) is 9.65 Å². The van der Waals surface area contributed by atoms with Gasteiger partial charge in [0.05, 0.1) is 18.3 Å². The fourth-order valence-electron chi connectivity index (χ4n) is 4.91. The van der Waals surface area contributed by atoms with E-state index in [1.165, 1.54) is 12.4 Å². The summed E-state index contributed by atoms with van der Waals surface area (Å²) >= 11 is 0. The van der Waals surface area contributed by atoms with Crippen molar-refractivity contribution in [1.29, 1.82) is 5.26 Å². The number of nitriles is 1. The number of rotatable bonds is 9. The van der Waals surface area contributed by atoms with Gasteiger partial charge in [0.1, 0.15) is 17.4 Å². The first-order valence-electron chi connectivity index (χ1n) is 13.1. The molecular weight excluding hydrogens is 481 g/mol. The molecule has 2 aromatic heterocycles. The van der Waals surface area contributed by atoms with Crippen LogP contribution in [0.25, 0.3) is 11.1 Å². The van der Waals surface area contributed by atoms with Crippen LogP contribution < -0.4 is 4.74 Å². The minimum Gasteiger partial charge on any atom is -0.492 e. The van der Waals surface area contributed by atoms with Crippen molar-refractivity contribution in [2.24, 2.45) is 0 Å². The van der Waals surface area contributed by atoms with Crippen LogP contribution in [0.4, 0.5) is 4.39 Å². The number of amides is 1. The molecule has 0 saturated heterocycles. The summed E-state index contributed by atoms with van der Waals surface area (Å²) in [6, 6.07) is 9.46. The SMILES string of the molecule is CCOc1cc([C@H](C)N2CCc3c(cc(CCN(C)CC)cc3-c3ccnc(F)c3C)C2=O)ncc1C#N. The molecule has 38 heavy (non-hydrogen) atoms. The highest BCUT2D eigenvalue weighted by molar-refractivity contribution is 5.99. The van der Waals surface area contributed by atoms with E-state index in [9.17, 15) is 14.4 Å². The largest absolute Gasteiger partial charge is 0.492 e. The van der Waals surface area contributed by atoms with E-state index in [1.54, 1.807) is 13.0 Å². The van der Waals surface area contributed by atoms with Crippen LogP contribution in [0.3, 0.4) is 0 Å². The molecule has 198 valence electrons. The maximum absolute atomic E-state index is 14.4. The molecule has 1 aliphatic heterocycles. The van der Waals surface area contributed by atoms with Crippen LogP contribution in [0.2, 0.25) is 0 Å². The van der Waals surface area contributed by atoms with Crippen molar-refractivity contribution in [2.45, 2.75) is 46.6 Å². The van der Waals surface area contributed by atoms with Crippen LogP contribution in [-0.2, 0) is 12.8 Å². The highest BCUT2D eigenvalue weighted by atomic mass is 19.1. The van der Waals surface area contributed by atoms with Gasteiger partial charge in [0.25, 0.3) is 5.91 Å². The van der Waals surface area contributed by atoms with Crippen LogP contribution in [0.15, 0.2) is 36.7 Å². The van der Waals surface area contributed by atoms with Crippen LogP contribution in [0, 0.1) is 24.2 Å². The monoisotopic (exact) mass is 515 g/mol. The molecule has 1 aromatic carbocycles. The lowest BCUT2D eigenvalue weighted by molar-refractivity contribution is 0.0669. The van der Waals surface area contributed by atoms with Crippen LogP contribution in [0.1, 0.15) is 65.1 Å². The minimum absolute atomic E-state index is 0.0815. The Morgan fingerprint density at radius 3 is 2.68 bits per heavy atom. The van der Waals surface area contributed by atoms with E-state index in [2.05, 4.69) is 41.0 Å². The Hall–Kier alpha value is -3.83. The first kappa shape index (κ1) is 27.2. The molecule has 8 heteroatoms. The molecule has 0 aliphatic carbocycles. The predicted octanol–water partition coefficient (Wildman–Crippen LogP) is 5.12. The second kappa shape index (κ2) is 11.7. The van der Waals surface area contributed by atoms with Crippen LogP contribution in [-0.4, -0.2) is 59.0 Å². The summed E-state index contributed by atoms with van der Waals surface area (Å²) in [7, 11) is 2.07. The zero-order chi connectivity index (χ0) is 27.4. The molecule has 0 spiro atoms. The Labute approximate surface area is 223 Å². The van der Waals surface area contributed by atoms with Gasteiger partial charge in [0, 0.05) is 42.7 Å². The molecule has 0 bridgehead atoms. The highest BCUT2D eigenvalue weighted by Gasteiger charge is 2.32. The Kier molecular flexibility index (Phi) is 8.38. The van der Waals surface area contributed by atoms with E-state index in [-0.39, 0.29) is 11.9 Å². The van der Waals surface area contributed by atoms with Crippen molar-refractivity contribution in [3.05, 3.63) is 76.1 Å². The topological polar surface area (TPSA) is 82.3 Å². The van der Waals surface area contributed by atoms with Crippen LogP contribution in [0.5, 0.6) is 5.75 Å². The van der Waals surface area contributed by atoms with Crippen molar-refractivity contribution >= 4 is 5.91 Å². The van der Waals surface area contributed by atoms with Crippen molar-refractivity contribution in [2.75, 3.05) is 33.3 Å². The Balaban J connectivity index is 1.75. The van der Waals surface area contributed by atoms with E-state index >= 15 is 0 Å². The Morgan fingerprint density at radius 1 is 1.21 bits per heavy atom. The molecule has 3 aromatic rings. The van der Waals surface area contributed by atoms with Gasteiger partial charge in [-0.05, 0) is 81.6 Å². The third-order valence-corrected chi connectivity index (χ3v) is 7.36. The number of pyridine rings is 2. The maximum Gasteiger partial charge on any atom is 0.254 e. The fraction of sp³-hybridized carbons (Fsp3) is 0.400. The molecule has 4 rings (SSSR count). The molecule has 0 saturated carbocycles. The lowest BCUT2D eigenvalue weighted by atomic mass is 9.86. The number of benzene rings is 1. The van der Waals surface area contributed by atoms with Gasteiger partial charge in [-0.15, -0.1) is 0 Å². The molecule has 3 heterocycles. The summed E-state index contributed by atoms with van der Waals surface area (Å²) in [6.07, 6.45) is 4.39. The number of fused-ring (bicyclic) bond motifs is 1. The standard InChI is InChI=1S/C30H34FN5O2/c1-6-35(5)12-9-21-14-25(23-8-11-33-29(31)19(23)3)24-10-13-36(30(37)26(24)15-21)20(4)27-16-28(38-7-2)22(17-32)18-34-27/h8,11,14-16,18,20H,6-7,9-10,12-13H2,1-5H3/t20-/m0/s1. The van der Waals surface area contributed by atoms with Crippen molar-refractivity contribution < 1.29 is 13.9 Å². The van der Waals surface area contributed by atoms with Crippen molar-refractivity contribution in [3.8, 4) is 22.9 Å². The quantitative estimate of drug-likeness (QED) is 0.368. The average molecular weight is 516 g/mol. The number of aromatic nitrogens is 2. The molecule has 0 fully saturated rings. The summed E-state index contributed by atoms with van der Waals surface area (Å²) in [5.74, 6) is -0.111. The van der Waals surface area contributed by atoms with Gasteiger partial charge in [-0.25, -0.2) is 4.98 Å². The first-order chi connectivity index (χ1) is 18.3. The summed E-state index contributed by atoms with van der Waals surface area (Å²) in [5.41, 5.74) is 5.78. The average Bonchev–Trinajstić information content (AvgIpc) is 2.93. The number of carbonyl (C=O) groups excluding carboxylic acids is 1. The molecular formula is C30H34FN5O2.